The Labute approximate surface area is 107 Å². The molecule has 0 N–H and O–H groups in total. The Morgan fingerprint density at radius 3 is 3.18 bits per heavy atom. The third kappa shape index (κ3) is 2.39. The Morgan fingerprint density at radius 2 is 2.41 bits per heavy atom. The van der Waals surface area contributed by atoms with Crippen molar-refractivity contribution in [3.8, 4) is 0 Å². The van der Waals surface area contributed by atoms with Crippen LogP contribution in [0.5, 0.6) is 0 Å². The molecule has 4 heteroatoms. The zero-order chi connectivity index (χ0) is 11.7. The van der Waals surface area contributed by atoms with Crippen molar-refractivity contribution in [1.82, 2.24) is 14.8 Å². The summed E-state index contributed by atoms with van der Waals surface area (Å²) in [5, 5.41) is 0. The number of hydrogen-bond acceptors (Lipinski definition) is 4. The fraction of sp³-hybridized carbons (Fsp3) is 0.769. The summed E-state index contributed by atoms with van der Waals surface area (Å²) in [6.45, 7) is 7.29. The fourth-order valence-electron chi connectivity index (χ4n) is 3.25. The van der Waals surface area contributed by atoms with Crippen molar-refractivity contribution in [2.45, 2.75) is 44.8 Å². The molecule has 2 fully saturated rings. The van der Waals surface area contributed by atoms with Crippen molar-refractivity contribution in [2.75, 3.05) is 19.6 Å². The van der Waals surface area contributed by atoms with Crippen LogP contribution in [0.2, 0.25) is 0 Å². The first-order valence-corrected chi connectivity index (χ1v) is 7.60. The molecule has 17 heavy (non-hydrogen) atoms. The number of thiazole rings is 1. The van der Waals surface area contributed by atoms with Crippen LogP contribution in [-0.2, 0) is 6.54 Å². The zero-order valence-electron chi connectivity index (χ0n) is 10.5. The summed E-state index contributed by atoms with van der Waals surface area (Å²) in [7, 11) is 0. The van der Waals surface area contributed by atoms with Gasteiger partial charge in [-0.3, -0.25) is 14.8 Å². The molecule has 0 aromatic carbocycles. The Bertz CT molecular complexity index is 352. The third-order valence-corrected chi connectivity index (χ3v) is 4.98. The van der Waals surface area contributed by atoms with Gasteiger partial charge >= 0.3 is 0 Å². The Kier molecular flexibility index (Phi) is 3.45. The zero-order valence-corrected chi connectivity index (χ0v) is 11.3. The molecular formula is C13H21N3S. The molecule has 2 unspecified atom stereocenters. The maximum atomic E-state index is 4.19. The van der Waals surface area contributed by atoms with E-state index in [1.54, 1.807) is 11.3 Å². The minimum absolute atomic E-state index is 0.742. The number of nitrogens with zero attached hydrogens (tertiary/aromatic N) is 3. The molecule has 0 saturated carbocycles. The normalized spacial score (nSPS) is 30.6. The first-order chi connectivity index (χ1) is 8.36. The van der Waals surface area contributed by atoms with Gasteiger partial charge in [0.15, 0.2) is 0 Å². The molecular weight excluding hydrogens is 230 g/mol. The lowest BCUT2D eigenvalue weighted by Gasteiger charge is -2.43. The highest BCUT2D eigenvalue weighted by atomic mass is 32.1. The van der Waals surface area contributed by atoms with Gasteiger partial charge in [0, 0.05) is 42.8 Å². The summed E-state index contributed by atoms with van der Waals surface area (Å²) < 4.78 is 0. The van der Waals surface area contributed by atoms with Crippen LogP contribution in [0.1, 0.15) is 31.1 Å². The Morgan fingerprint density at radius 1 is 1.47 bits per heavy atom. The van der Waals surface area contributed by atoms with Crippen LogP contribution < -0.4 is 0 Å². The summed E-state index contributed by atoms with van der Waals surface area (Å²) in [6, 6.07) is 1.57. The van der Waals surface area contributed by atoms with E-state index in [2.05, 4.69) is 21.7 Å². The monoisotopic (exact) mass is 251 g/mol. The predicted octanol–water partition coefficient (Wildman–Crippen LogP) is 2.20. The molecule has 3 heterocycles. The Hall–Kier alpha value is -0.450. The highest BCUT2D eigenvalue weighted by Crippen LogP contribution is 2.27. The van der Waals surface area contributed by atoms with Gasteiger partial charge in [-0.2, -0.15) is 0 Å². The van der Waals surface area contributed by atoms with E-state index in [0.29, 0.717) is 0 Å². The fourth-order valence-corrected chi connectivity index (χ4v) is 3.87. The van der Waals surface area contributed by atoms with Gasteiger partial charge < -0.3 is 0 Å². The number of fused-ring (bicyclic) bond motifs is 1. The van der Waals surface area contributed by atoms with Crippen LogP contribution in [0.25, 0.3) is 0 Å². The lowest BCUT2D eigenvalue weighted by molar-refractivity contribution is 0.0443. The maximum Gasteiger partial charge on any atom is 0.0794 e. The summed E-state index contributed by atoms with van der Waals surface area (Å²) >= 11 is 1.79. The van der Waals surface area contributed by atoms with Gasteiger partial charge in [0.2, 0.25) is 0 Å². The van der Waals surface area contributed by atoms with Gasteiger partial charge in [-0.1, -0.05) is 6.92 Å². The van der Waals surface area contributed by atoms with Crippen molar-refractivity contribution in [3.63, 3.8) is 0 Å². The predicted molar refractivity (Wildman–Crippen MR) is 71.2 cm³/mol. The Balaban J connectivity index is 1.69. The first kappa shape index (κ1) is 11.6. The third-order valence-electron chi connectivity index (χ3n) is 4.22. The van der Waals surface area contributed by atoms with Gasteiger partial charge in [0.05, 0.1) is 5.51 Å². The van der Waals surface area contributed by atoms with E-state index < -0.39 is 0 Å². The second kappa shape index (κ2) is 5.04. The minimum Gasteiger partial charge on any atom is -0.298 e. The topological polar surface area (TPSA) is 19.4 Å². The molecule has 0 radical (unpaired) electrons. The smallest absolute Gasteiger partial charge is 0.0794 e. The van der Waals surface area contributed by atoms with Crippen LogP contribution in [0, 0.1) is 0 Å². The standard InChI is InChI=1S/C13H21N3S/c1-2-11-7-15-5-3-4-12(15)8-16(11)9-13-6-14-10-17-13/h6,10-12H,2-5,7-9H2,1H3. The number of piperazine rings is 1. The van der Waals surface area contributed by atoms with Crippen LogP contribution in [0.15, 0.2) is 11.7 Å². The number of hydrogen-bond donors (Lipinski definition) is 0. The molecule has 2 aliphatic rings. The van der Waals surface area contributed by atoms with Crippen molar-refractivity contribution in [1.29, 1.82) is 0 Å². The van der Waals surface area contributed by atoms with E-state index in [1.165, 1.54) is 43.8 Å². The molecule has 1 aromatic rings. The van der Waals surface area contributed by atoms with Crippen molar-refractivity contribution >= 4 is 11.3 Å². The maximum absolute atomic E-state index is 4.19. The molecule has 1 aromatic heterocycles. The van der Waals surface area contributed by atoms with Crippen LogP contribution in [0.3, 0.4) is 0 Å². The van der Waals surface area contributed by atoms with E-state index in [4.69, 9.17) is 0 Å². The molecule has 3 rings (SSSR count). The van der Waals surface area contributed by atoms with E-state index >= 15 is 0 Å². The van der Waals surface area contributed by atoms with Gasteiger partial charge in [0.1, 0.15) is 0 Å². The lowest BCUT2D eigenvalue weighted by Crippen LogP contribution is -2.55. The van der Waals surface area contributed by atoms with Crippen molar-refractivity contribution in [3.05, 3.63) is 16.6 Å². The van der Waals surface area contributed by atoms with Gasteiger partial charge in [-0.05, 0) is 25.8 Å². The molecule has 2 aliphatic heterocycles. The molecule has 0 bridgehead atoms. The van der Waals surface area contributed by atoms with E-state index in [1.807, 2.05) is 11.7 Å². The SMILES string of the molecule is CCC1CN2CCCC2CN1Cc1cncs1. The van der Waals surface area contributed by atoms with E-state index in [9.17, 15) is 0 Å². The van der Waals surface area contributed by atoms with E-state index in [-0.39, 0.29) is 0 Å². The van der Waals surface area contributed by atoms with Crippen LogP contribution >= 0.6 is 11.3 Å². The summed E-state index contributed by atoms with van der Waals surface area (Å²) in [5.41, 5.74) is 1.95. The minimum atomic E-state index is 0.742. The first-order valence-electron chi connectivity index (χ1n) is 6.72. The molecule has 2 saturated heterocycles. The summed E-state index contributed by atoms with van der Waals surface area (Å²) in [4.78, 5) is 11.0. The molecule has 0 aliphatic carbocycles. The van der Waals surface area contributed by atoms with Gasteiger partial charge in [-0.15, -0.1) is 11.3 Å². The van der Waals surface area contributed by atoms with Gasteiger partial charge in [0.25, 0.3) is 0 Å². The largest absolute Gasteiger partial charge is 0.298 e. The van der Waals surface area contributed by atoms with Crippen molar-refractivity contribution in [2.24, 2.45) is 0 Å². The van der Waals surface area contributed by atoms with E-state index in [0.717, 1.165) is 18.6 Å². The second-order valence-corrected chi connectivity index (χ2v) is 6.22. The number of aromatic nitrogens is 1. The highest BCUT2D eigenvalue weighted by Gasteiger charge is 2.35. The second-order valence-electron chi connectivity index (χ2n) is 5.25. The highest BCUT2D eigenvalue weighted by molar-refractivity contribution is 7.09. The number of rotatable bonds is 3. The van der Waals surface area contributed by atoms with Gasteiger partial charge in [-0.25, -0.2) is 0 Å². The summed E-state index contributed by atoms with van der Waals surface area (Å²) in [5.74, 6) is 0. The molecule has 0 amide bonds. The van der Waals surface area contributed by atoms with Crippen LogP contribution in [-0.4, -0.2) is 46.5 Å². The molecule has 2 atom stereocenters. The molecule has 0 spiro atoms. The molecule has 94 valence electrons. The summed E-state index contributed by atoms with van der Waals surface area (Å²) in [6.07, 6.45) is 6.09. The average molecular weight is 251 g/mol. The molecule has 3 nitrogen and oxygen atoms in total. The van der Waals surface area contributed by atoms with Crippen LogP contribution in [0.4, 0.5) is 0 Å². The van der Waals surface area contributed by atoms with Crippen molar-refractivity contribution < 1.29 is 0 Å². The quantitative estimate of drug-likeness (QED) is 0.821. The lowest BCUT2D eigenvalue weighted by atomic mass is 10.1. The average Bonchev–Trinajstić information content (AvgIpc) is 2.98.